The molecule has 0 aromatic carbocycles. The Labute approximate surface area is 186 Å². The van der Waals surface area contributed by atoms with E-state index in [9.17, 15) is 9.59 Å². The summed E-state index contributed by atoms with van der Waals surface area (Å²) >= 11 is 0. The van der Waals surface area contributed by atoms with Crippen molar-refractivity contribution in [2.75, 3.05) is 13.2 Å². The Bertz CT molecular complexity index is 820. The lowest BCUT2D eigenvalue weighted by Crippen LogP contribution is -2.09. The SMILES string of the molecule is CCCCOC(=O)c1[nH]c(Cc2[nH]c(C(=O)OCCCC)c(CC)c2C)c(C)c1CC. The van der Waals surface area contributed by atoms with Crippen molar-refractivity contribution < 1.29 is 19.1 Å². The molecule has 172 valence electrons. The zero-order valence-electron chi connectivity index (χ0n) is 20.0. The first-order valence-electron chi connectivity index (χ1n) is 11.6. The highest BCUT2D eigenvalue weighted by molar-refractivity contribution is 5.90. The number of unbranched alkanes of at least 4 members (excludes halogenated alkanes) is 2. The van der Waals surface area contributed by atoms with Gasteiger partial charge in [-0.3, -0.25) is 0 Å². The molecule has 6 heteroatoms. The molecule has 0 bridgehead atoms. The Balaban J connectivity index is 2.29. The molecule has 2 heterocycles. The van der Waals surface area contributed by atoms with Gasteiger partial charge in [-0.05, 0) is 61.8 Å². The zero-order valence-corrected chi connectivity index (χ0v) is 20.0. The summed E-state index contributed by atoms with van der Waals surface area (Å²) in [5.74, 6) is -0.588. The van der Waals surface area contributed by atoms with Crippen LogP contribution in [-0.2, 0) is 28.7 Å². The Morgan fingerprint density at radius 2 is 1.10 bits per heavy atom. The topological polar surface area (TPSA) is 84.2 Å². The van der Waals surface area contributed by atoms with Crippen LogP contribution in [0.15, 0.2) is 0 Å². The number of esters is 2. The molecule has 0 radical (unpaired) electrons. The molecule has 2 aromatic rings. The van der Waals surface area contributed by atoms with Gasteiger partial charge in [0.2, 0.25) is 0 Å². The van der Waals surface area contributed by atoms with Gasteiger partial charge >= 0.3 is 11.9 Å². The molecule has 0 unspecified atom stereocenters. The van der Waals surface area contributed by atoms with Crippen LogP contribution >= 0.6 is 0 Å². The summed E-state index contributed by atoms with van der Waals surface area (Å²) in [6, 6.07) is 0. The summed E-state index contributed by atoms with van der Waals surface area (Å²) in [7, 11) is 0. The molecule has 0 aliphatic rings. The van der Waals surface area contributed by atoms with Gasteiger partial charge in [-0.15, -0.1) is 0 Å². The van der Waals surface area contributed by atoms with Gasteiger partial charge in [0.1, 0.15) is 11.4 Å². The van der Waals surface area contributed by atoms with E-state index in [1.165, 1.54) is 0 Å². The molecule has 2 aromatic heterocycles. The van der Waals surface area contributed by atoms with Crippen molar-refractivity contribution in [3.8, 4) is 0 Å². The molecular weight excluding hydrogens is 392 g/mol. The Hall–Kier alpha value is -2.50. The van der Waals surface area contributed by atoms with Crippen LogP contribution in [0.25, 0.3) is 0 Å². The van der Waals surface area contributed by atoms with E-state index in [1.807, 2.05) is 27.7 Å². The van der Waals surface area contributed by atoms with Crippen molar-refractivity contribution >= 4 is 11.9 Å². The highest BCUT2D eigenvalue weighted by atomic mass is 16.5. The Kier molecular flexibility index (Phi) is 9.41. The molecule has 0 aliphatic carbocycles. The van der Waals surface area contributed by atoms with Crippen LogP contribution in [0.1, 0.15) is 108 Å². The summed E-state index contributed by atoms with van der Waals surface area (Å²) in [5.41, 5.74) is 7.17. The van der Waals surface area contributed by atoms with Crippen LogP contribution in [0.4, 0.5) is 0 Å². The van der Waals surface area contributed by atoms with Gasteiger partial charge in [0.05, 0.1) is 13.2 Å². The van der Waals surface area contributed by atoms with Crippen LogP contribution in [0.3, 0.4) is 0 Å². The van der Waals surface area contributed by atoms with Crippen LogP contribution < -0.4 is 0 Å². The van der Waals surface area contributed by atoms with Crippen molar-refractivity contribution in [3.05, 3.63) is 45.0 Å². The number of carbonyl (C=O) groups is 2. The number of H-pyrrole nitrogens is 2. The minimum Gasteiger partial charge on any atom is -0.461 e. The van der Waals surface area contributed by atoms with Crippen LogP contribution in [0.5, 0.6) is 0 Å². The minimum atomic E-state index is -0.294. The molecule has 0 saturated heterocycles. The van der Waals surface area contributed by atoms with Gasteiger partial charge < -0.3 is 19.4 Å². The van der Waals surface area contributed by atoms with Gasteiger partial charge in [-0.1, -0.05) is 40.5 Å². The summed E-state index contributed by atoms with van der Waals surface area (Å²) in [6.45, 7) is 13.2. The molecule has 0 fully saturated rings. The van der Waals surface area contributed by atoms with Gasteiger partial charge in [0.25, 0.3) is 0 Å². The molecule has 6 nitrogen and oxygen atoms in total. The van der Waals surface area contributed by atoms with Gasteiger partial charge in [-0.25, -0.2) is 9.59 Å². The fourth-order valence-corrected chi connectivity index (χ4v) is 3.90. The maximum Gasteiger partial charge on any atom is 0.355 e. The van der Waals surface area contributed by atoms with E-state index >= 15 is 0 Å². The van der Waals surface area contributed by atoms with Crippen LogP contribution in [0, 0.1) is 13.8 Å². The lowest BCUT2D eigenvalue weighted by atomic mass is 10.0. The van der Waals surface area contributed by atoms with Crippen molar-refractivity contribution in [3.63, 3.8) is 0 Å². The smallest absolute Gasteiger partial charge is 0.355 e. The van der Waals surface area contributed by atoms with Crippen molar-refractivity contribution in [2.24, 2.45) is 0 Å². The van der Waals surface area contributed by atoms with E-state index in [0.29, 0.717) is 31.0 Å². The molecule has 0 saturated carbocycles. The van der Waals surface area contributed by atoms with Gasteiger partial charge in [0, 0.05) is 17.8 Å². The largest absolute Gasteiger partial charge is 0.461 e. The maximum absolute atomic E-state index is 12.6. The number of ether oxygens (including phenoxy) is 2. The quantitative estimate of drug-likeness (QED) is 0.340. The molecule has 0 aliphatic heterocycles. The minimum absolute atomic E-state index is 0.294. The van der Waals surface area contributed by atoms with Crippen molar-refractivity contribution in [1.29, 1.82) is 0 Å². The third-order valence-electron chi connectivity index (χ3n) is 5.90. The highest BCUT2D eigenvalue weighted by Crippen LogP contribution is 2.26. The first kappa shape index (κ1) is 24.8. The number of hydrogen-bond acceptors (Lipinski definition) is 4. The second-order valence-electron chi connectivity index (χ2n) is 8.03. The number of aromatic nitrogens is 2. The maximum atomic E-state index is 12.6. The summed E-state index contributed by atoms with van der Waals surface area (Å²) in [6.07, 6.45) is 5.77. The normalized spacial score (nSPS) is 11.0. The molecule has 31 heavy (non-hydrogen) atoms. The average Bonchev–Trinajstić information content (AvgIpc) is 3.24. The lowest BCUT2D eigenvalue weighted by molar-refractivity contribution is 0.0483. The number of carbonyl (C=O) groups excluding carboxylic acids is 2. The fraction of sp³-hybridized carbons (Fsp3) is 0.600. The summed E-state index contributed by atoms with van der Waals surface area (Å²) < 4.78 is 10.9. The van der Waals surface area contributed by atoms with Crippen molar-refractivity contribution in [2.45, 2.75) is 86.5 Å². The van der Waals surface area contributed by atoms with Crippen molar-refractivity contribution in [1.82, 2.24) is 9.97 Å². The molecule has 0 atom stereocenters. The summed E-state index contributed by atoms with van der Waals surface area (Å²) in [5, 5.41) is 0. The Morgan fingerprint density at radius 1 is 0.710 bits per heavy atom. The molecule has 2 rings (SSSR count). The third-order valence-corrected chi connectivity index (χ3v) is 5.90. The Morgan fingerprint density at radius 3 is 1.42 bits per heavy atom. The average molecular weight is 431 g/mol. The van der Waals surface area contributed by atoms with E-state index < -0.39 is 0 Å². The molecule has 2 N–H and O–H groups in total. The van der Waals surface area contributed by atoms with Gasteiger partial charge in [-0.2, -0.15) is 0 Å². The standard InChI is InChI=1S/C25H38N2O4/c1-7-11-13-30-24(28)22-18(9-3)16(5)20(26-22)15-21-17(6)19(10-4)23(27-21)25(29)31-14-12-8-2/h26-27H,7-15H2,1-6H3. The third kappa shape index (κ3) is 5.81. The number of nitrogens with one attached hydrogen (secondary N) is 2. The fourth-order valence-electron chi connectivity index (χ4n) is 3.90. The highest BCUT2D eigenvalue weighted by Gasteiger charge is 2.23. The summed E-state index contributed by atoms with van der Waals surface area (Å²) in [4.78, 5) is 31.8. The number of rotatable bonds is 12. The van der Waals surface area contributed by atoms with E-state index in [0.717, 1.165) is 72.2 Å². The van der Waals surface area contributed by atoms with E-state index in [-0.39, 0.29) is 11.9 Å². The van der Waals surface area contributed by atoms with E-state index in [1.54, 1.807) is 0 Å². The zero-order chi connectivity index (χ0) is 23.0. The first-order chi connectivity index (χ1) is 14.9. The molecular formula is C25H38N2O4. The van der Waals surface area contributed by atoms with Crippen LogP contribution in [0.2, 0.25) is 0 Å². The monoisotopic (exact) mass is 430 g/mol. The second-order valence-corrected chi connectivity index (χ2v) is 8.03. The second kappa shape index (κ2) is 11.8. The van der Waals surface area contributed by atoms with E-state index in [2.05, 4.69) is 23.8 Å². The molecule has 0 spiro atoms. The predicted molar refractivity (Wildman–Crippen MR) is 123 cm³/mol. The first-order valence-corrected chi connectivity index (χ1v) is 11.6. The number of hydrogen-bond donors (Lipinski definition) is 2. The van der Waals surface area contributed by atoms with E-state index in [4.69, 9.17) is 9.47 Å². The van der Waals surface area contributed by atoms with Crippen LogP contribution in [-0.4, -0.2) is 35.1 Å². The van der Waals surface area contributed by atoms with Gasteiger partial charge in [0.15, 0.2) is 0 Å². The molecule has 0 amide bonds. The lowest BCUT2D eigenvalue weighted by Gasteiger charge is -2.04. The number of aromatic amines is 2. The predicted octanol–water partition coefficient (Wildman–Crippen LogP) is 5.59.